The van der Waals surface area contributed by atoms with Crippen molar-refractivity contribution in [1.29, 1.82) is 0 Å². The summed E-state index contributed by atoms with van der Waals surface area (Å²) in [6.07, 6.45) is 6.96. The summed E-state index contributed by atoms with van der Waals surface area (Å²) in [6, 6.07) is 1.37. The average Bonchev–Trinajstić information content (AvgIpc) is 3.26. The summed E-state index contributed by atoms with van der Waals surface area (Å²) in [5.74, 6) is 0.296. The molecule has 0 amide bonds. The molecule has 0 N–H and O–H groups in total. The van der Waals surface area contributed by atoms with E-state index in [2.05, 4.69) is 45.3 Å². The van der Waals surface area contributed by atoms with Crippen molar-refractivity contribution in [2.45, 2.75) is 134 Å². The zero-order valence-corrected chi connectivity index (χ0v) is 32.7. The molecule has 2 aliphatic rings. The third-order valence-electron chi connectivity index (χ3n) is 10.7. The van der Waals surface area contributed by atoms with E-state index in [1.165, 1.54) is 0 Å². The summed E-state index contributed by atoms with van der Waals surface area (Å²) in [5, 5.41) is 2.05. The fraction of sp³-hybridized carbons (Fsp3) is 0.800. The van der Waals surface area contributed by atoms with Crippen LogP contribution in [0.15, 0.2) is 15.3 Å². The van der Waals surface area contributed by atoms with Crippen molar-refractivity contribution in [3.63, 3.8) is 0 Å². The molecule has 3 heterocycles. The summed E-state index contributed by atoms with van der Waals surface area (Å²) in [4.78, 5) is 34.7. The molecule has 256 valence electrons. The highest BCUT2D eigenvalue weighted by molar-refractivity contribution is 8.00. The Morgan fingerprint density at radius 3 is 2.51 bits per heavy atom. The Kier molecular flexibility index (Phi) is 13.6. The van der Waals surface area contributed by atoms with Gasteiger partial charge < -0.3 is 14.2 Å². The first-order chi connectivity index (χ1) is 20.9. The molecule has 0 radical (unpaired) electrons. The van der Waals surface area contributed by atoms with E-state index in [1.54, 1.807) is 30.2 Å². The number of Topliss-reactive ketones (excluding diaryl/α,β-unsaturated/α-hetero) is 1. The Balaban J connectivity index is 1.94. The van der Waals surface area contributed by atoms with Crippen LogP contribution in [0.3, 0.4) is 0 Å². The molecule has 8 atom stereocenters. The van der Waals surface area contributed by atoms with Crippen LogP contribution < -0.4 is 0 Å². The lowest BCUT2D eigenvalue weighted by Gasteiger charge is -2.36. The van der Waals surface area contributed by atoms with Crippen molar-refractivity contribution < 1.29 is 23.8 Å². The number of ether oxygens (including phenoxy) is 3. The predicted molar refractivity (Wildman–Crippen MR) is 191 cm³/mol. The Morgan fingerprint density at radius 1 is 1.22 bits per heavy atom. The highest BCUT2D eigenvalue weighted by atomic mass is 32.2. The number of ketones is 1. The van der Waals surface area contributed by atoms with Gasteiger partial charge in [-0.3, -0.25) is 14.5 Å². The lowest BCUT2D eigenvalue weighted by atomic mass is 9.70. The predicted octanol–water partition coefficient (Wildman–Crippen LogP) is 8.42. The highest BCUT2D eigenvalue weighted by Gasteiger charge is 2.59. The van der Waals surface area contributed by atoms with E-state index in [9.17, 15) is 9.59 Å². The minimum absolute atomic E-state index is 0.0223. The number of carbonyl (C=O) groups is 2. The van der Waals surface area contributed by atoms with Crippen LogP contribution in [-0.4, -0.2) is 80.2 Å². The van der Waals surface area contributed by atoms with E-state index in [4.69, 9.17) is 19.2 Å². The molecular weight excluding hydrogens is 621 g/mol. The van der Waals surface area contributed by atoms with Gasteiger partial charge in [0.1, 0.15) is 16.2 Å². The molecule has 3 rings (SSSR count). The van der Waals surface area contributed by atoms with E-state index in [-0.39, 0.29) is 41.6 Å². The molecule has 1 unspecified atom stereocenters. The molecule has 10 heteroatoms. The molecule has 2 saturated heterocycles. The maximum atomic E-state index is 13.9. The Bertz CT molecular complexity index is 1180. The number of cyclic esters (lactones) is 1. The van der Waals surface area contributed by atoms with E-state index in [0.29, 0.717) is 19.1 Å². The number of nitrogens with zero attached hydrogens (tertiary/aromatic N) is 2. The monoisotopic (exact) mass is 680 g/mol. The maximum absolute atomic E-state index is 13.9. The number of methoxy groups -OCH3 is 1. The second kappa shape index (κ2) is 15.9. The molecule has 1 aromatic rings. The van der Waals surface area contributed by atoms with Crippen LogP contribution in [0.25, 0.3) is 6.08 Å². The second-order valence-electron chi connectivity index (χ2n) is 15.6. The number of thioether (sulfide) groups is 1. The Hall–Kier alpha value is -1.04. The van der Waals surface area contributed by atoms with Gasteiger partial charge in [-0.05, 0) is 56.1 Å². The Labute approximate surface area is 282 Å². The van der Waals surface area contributed by atoms with E-state index >= 15 is 0 Å². The normalized spacial score (nSPS) is 33.9. The molecule has 7 nitrogen and oxygen atoms in total. The van der Waals surface area contributed by atoms with Crippen LogP contribution >= 0.6 is 23.1 Å². The van der Waals surface area contributed by atoms with Gasteiger partial charge in [-0.15, -0.1) is 11.3 Å². The molecule has 0 aromatic carbocycles. The highest BCUT2D eigenvalue weighted by Crippen LogP contribution is 2.48. The number of thiazole rings is 1. The SMILES string of the molecule is CO[C@H]1CC(=O)O[C@H](/C(C)=C/c2csc(SC)n2)C[C@@H]2N(COCC[Si](C)(C)C)[C@]2(C)CCC[C@H](C)[C@H](C)[C@@H](C)C(=O)C1(C)C. The van der Waals surface area contributed by atoms with Gasteiger partial charge in [0, 0.05) is 51.1 Å². The second-order valence-corrected chi connectivity index (χ2v) is 23.1. The number of carbonyl (C=O) groups excluding carboxylic acids is 2. The number of esters is 1. The zero-order valence-electron chi connectivity index (χ0n) is 30.0. The smallest absolute Gasteiger partial charge is 0.309 e. The molecule has 0 saturated carbocycles. The van der Waals surface area contributed by atoms with Gasteiger partial charge in [0.25, 0.3) is 0 Å². The van der Waals surface area contributed by atoms with Crippen LogP contribution in [0.5, 0.6) is 0 Å². The van der Waals surface area contributed by atoms with Crippen LogP contribution in [0, 0.1) is 23.2 Å². The topological polar surface area (TPSA) is 77.7 Å². The summed E-state index contributed by atoms with van der Waals surface area (Å²) < 4.78 is 19.4. The fourth-order valence-corrected chi connectivity index (χ4v) is 8.83. The fourth-order valence-electron chi connectivity index (χ4n) is 6.85. The van der Waals surface area contributed by atoms with Crippen molar-refractivity contribution in [1.82, 2.24) is 9.88 Å². The first kappa shape index (κ1) is 38.4. The summed E-state index contributed by atoms with van der Waals surface area (Å²) in [6.45, 7) is 23.2. The molecule has 2 fully saturated rings. The third kappa shape index (κ3) is 9.98. The van der Waals surface area contributed by atoms with Gasteiger partial charge in [-0.1, -0.05) is 78.9 Å². The maximum Gasteiger partial charge on any atom is 0.309 e. The minimum Gasteiger partial charge on any atom is -0.458 e. The van der Waals surface area contributed by atoms with Gasteiger partial charge in [-0.2, -0.15) is 0 Å². The largest absolute Gasteiger partial charge is 0.458 e. The summed E-state index contributed by atoms with van der Waals surface area (Å²) >= 11 is 3.25. The number of aromatic nitrogens is 1. The molecule has 2 aliphatic heterocycles. The standard InChI is InChI=1S/C35H60N2O5S2Si/c1-23-14-13-15-35(7)29(37(35)22-41-16-17-45(10,11)12)19-28(24(2)18-27-21-44-33(36-27)43-9)42-31(38)20-30(40-8)34(5,6)32(39)26(4)25(23)3/h18,21,23,25-26,28-30H,13-17,19-20,22H2,1-12H3/b24-18+/t23-,25-,26+,28-,29-,30-,35+,37?/m0/s1. The number of rotatable bonds is 9. The van der Waals surface area contributed by atoms with Crippen molar-refractivity contribution >= 4 is 49.0 Å². The van der Waals surface area contributed by atoms with Crippen LogP contribution in [0.1, 0.15) is 86.3 Å². The summed E-state index contributed by atoms with van der Waals surface area (Å²) in [5.41, 5.74) is 0.993. The van der Waals surface area contributed by atoms with Crippen LogP contribution in [0.2, 0.25) is 25.7 Å². The lowest BCUT2D eigenvalue weighted by Crippen LogP contribution is -2.45. The van der Waals surface area contributed by atoms with Crippen molar-refractivity contribution in [3.8, 4) is 0 Å². The molecule has 0 bridgehead atoms. The van der Waals surface area contributed by atoms with E-state index < -0.39 is 25.7 Å². The van der Waals surface area contributed by atoms with Gasteiger partial charge >= 0.3 is 5.97 Å². The minimum atomic E-state index is -1.19. The molecule has 45 heavy (non-hydrogen) atoms. The molecule has 0 aliphatic carbocycles. The number of fused-ring (bicyclic) bond motifs is 1. The van der Waals surface area contributed by atoms with Gasteiger partial charge in [0.05, 0.1) is 30.4 Å². The van der Waals surface area contributed by atoms with Crippen molar-refractivity contribution in [3.05, 3.63) is 16.6 Å². The molecule has 1 aromatic heterocycles. The van der Waals surface area contributed by atoms with Gasteiger partial charge in [-0.25, -0.2) is 4.98 Å². The zero-order chi connectivity index (χ0) is 33.7. The molecular formula is C35H60N2O5S2Si. The van der Waals surface area contributed by atoms with Gasteiger partial charge in [0.15, 0.2) is 0 Å². The lowest BCUT2D eigenvalue weighted by molar-refractivity contribution is -0.155. The van der Waals surface area contributed by atoms with Crippen LogP contribution in [0.4, 0.5) is 0 Å². The quantitative estimate of drug-likeness (QED) is 0.0846. The van der Waals surface area contributed by atoms with E-state index in [1.807, 2.05) is 45.4 Å². The molecule has 0 spiro atoms. The summed E-state index contributed by atoms with van der Waals surface area (Å²) in [7, 11) is 0.400. The number of hydrogen-bond acceptors (Lipinski definition) is 9. The van der Waals surface area contributed by atoms with E-state index in [0.717, 1.165) is 47.5 Å². The number of hydrogen-bond donors (Lipinski definition) is 0. The van der Waals surface area contributed by atoms with Crippen molar-refractivity contribution in [2.75, 3.05) is 26.7 Å². The third-order valence-corrected chi connectivity index (χ3v) is 14.3. The first-order valence-electron chi connectivity index (χ1n) is 16.7. The average molecular weight is 681 g/mol. The Morgan fingerprint density at radius 2 is 1.91 bits per heavy atom. The van der Waals surface area contributed by atoms with Gasteiger partial charge in [0.2, 0.25) is 0 Å². The van der Waals surface area contributed by atoms with Crippen LogP contribution in [-0.2, 0) is 23.8 Å². The first-order valence-corrected chi connectivity index (χ1v) is 22.5. The van der Waals surface area contributed by atoms with Crippen molar-refractivity contribution in [2.24, 2.45) is 23.2 Å².